The SMILES string of the molecule is Cc1sc2ncnc(NC(c3cccs3)C(C)C)c2c1C. The Morgan fingerprint density at radius 3 is 2.67 bits per heavy atom. The minimum Gasteiger partial charge on any atom is -0.362 e. The second-order valence-corrected chi connectivity index (χ2v) is 7.75. The van der Waals surface area contributed by atoms with Gasteiger partial charge in [0.25, 0.3) is 0 Å². The number of thiophene rings is 2. The minimum atomic E-state index is 0.280. The fourth-order valence-corrected chi connectivity index (χ4v) is 4.42. The second-order valence-electron chi connectivity index (χ2n) is 5.57. The van der Waals surface area contributed by atoms with Gasteiger partial charge in [0.15, 0.2) is 0 Å². The quantitative estimate of drug-likeness (QED) is 0.720. The number of nitrogens with zero attached hydrogens (tertiary/aromatic N) is 2. The summed E-state index contributed by atoms with van der Waals surface area (Å²) in [6.07, 6.45) is 1.66. The van der Waals surface area contributed by atoms with E-state index in [-0.39, 0.29) is 6.04 Å². The van der Waals surface area contributed by atoms with Crippen LogP contribution >= 0.6 is 22.7 Å². The molecule has 1 N–H and O–H groups in total. The number of rotatable bonds is 4. The van der Waals surface area contributed by atoms with E-state index >= 15 is 0 Å². The number of hydrogen-bond donors (Lipinski definition) is 1. The first-order chi connectivity index (χ1) is 10.1. The van der Waals surface area contributed by atoms with Gasteiger partial charge in [-0.25, -0.2) is 9.97 Å². The summed E-state index contributed by atoms with van der Waals surface area (Å²) in [6, 6.07) is 4.57. The maximum atomic E-state index is 4.50. The number of aromatic nitrogens is 2. The molecule has 110 valence electrons. The third kappa shape index (κ3) is 2.68. The van der Waals surface area contributed by atoms with Crippen molar-refractivity contribution in [2.45, 2.75) is 33.7 Å². The summed E-state index contributed by atoms with van der Waals surface area (Å²) in [6.45, 7) is 8.77. The van der Waals surface area contributed by atoms with Crippen LogP contribution in [0.2, 0.25) is 0 Å². The molecule has 1 atom stereocenters. The fourth-order valence-electron chi connectivity index (χ4n) is 2.47. The van der Waals surface area contributed by atoms with Crippen molar-refractivity contribution in [3.05, 3.63) is 39.2 Å². The van der Waals surface area contributed by atoms with Gasteiger partial charge in [0.05, 0.1) is 11.4 Å². The molecule has 0 aliphatic heterocycles. The second kappa shape index (κ2) is 5.73. The van der Waals surface area contributed by atoms with Crippen LogP contribution < -0.4 is 5.32 Å². The Labute approximate surface area is 133 Å². The average molecular weight is 317 g/mol. The zero-order chi connectivity index (χ0) is 15.0. The fraction of sp³-hybridized carbons (Fsp3) is 0.375. The summed E-state index contributed by atoms with van der Waals surface area (Å²) in [5.74, 6) is 1.45. The van der Waals surface area contributed by atoms with Crippen molar-refractivity contribution in [1.82, 2.24) is 9.97 Å². The Hall–Kier alpha value is -1.46. The van der Waals surface area contributed by atoms with Crippen LogP contribution in [0.1, 0.15) is 35.2 Å². The average Bonchev–Trinajstić information content (AvgIpc) is 3.06. The smallest absolute Gasteiger partial charge is 0.138 e. The van der Waals surface area contributed by atoms with Crippen molar-refractivity contribution < 1.29 is 0 Å². The summed E-state index contributed by atoms with van der Waals surface area (Å²) < 4.78 is 0. The van der Waals surface area contributed by atoms with Crippen LogP contribution in [-0.2, 0) is 0 Å². The van der Waals surface area contributed by atoms with Crippen molar-refractivity contribution in [1.29, 1.82) is 0 Å². The van der Waals surface area contributed by atoms with Gasteiger partial charge < -0.3 is 5.32 Å². The summed E-state index contributed by atoms with van der Waals surface area (Å²) in [5, 5.41) is 6.94. The van der Waals surface area contributed by atoms with Crippen molar-refractivity contribution in [2.24, 2.45) is 5.92 Å². The van der Waals surface area contributed by atoms with Gasteiger partial charge in [-0.2, -0.15) is 0 Å². The predicted molar refractivity (Wildman–Crippen MR) is 92.4 cm³/mol. The van der Waals surface area contributed by atoms with E-state index in [0.717, 1.165) is 10.6 Å². The highest BCUT2D eigenvalue weighted by atomic mass is 32.1. The van der Waals surface area contributed by atoms with E-state index in [1.807, 2.05) is 0 Å². The summed E-state index contributed by atoms with van der Waals surface area (Å²) in [5.41, 5.74) is 1.28. The van der Waals surface area contributed by atoms with Gasteiger partial charge >= 0.3 is 0 Å². The van der Waals surface area contributed by atoms with Gasteiger partial charge in [0.1, 0.15) is 17.0 Å². The van der Waals surface area contributed by atoms with Crippen LogP contribution in [-0.4, -0.2) is 9.97 Å². The van der Waals surface area contributed by atoms with Gasteiger partial charge in [-0.05, 0) is 36.8 Å². The first kappa shape index (κ1) is 14.5. The van der Waals surface area contributed by atoms with Crippen LogP contribution in [0.5, 0.6) is 0 Å². The van der Waals surface area contributed by atoms with E-state index in [2.05, 4.69) is 60.5 Å². The molecule has 1 unspecified atom stereocenters. The van der Waals surface area contributed by atoms with Crippen LogP contribution in [0.25, 0.3) is 10.2 Å². The van der Waals surface area contributed by atoms with E-state index < -0.39 is 0 Å². The lowest BCUT2D eigenvalue weighted by Crippen LogP contribution is -2.16. The lowest BCUT2D eigenvalue weighted by molar-refractivity contribution is 0.552. The molecule has 0 amide bonds. The summed E-state index contributed by atoms with van der Waals surface area (Å²) in [7, 11) is 0. The third-order valence-electron chi connectivity index (χ3n) is 3.77. The molecule has 3 aromatic rings. The molecule has 0 fully saturated rings. The molecule has 0 aliphatic rings. The molecular weight excluding hydrogens is 298 g/mol. The normalized spacial score (nSPS) is 13.0. The Morgan fingerprint density at radius 1 is 1.19 bits per heavy atom. The molecule has 5 heteroatoms. The first-order valence-electron chi connectivity index (χ1n) is 7.08. The molecule has 3 heterocycles. The monoisotopic (exact) mass is 317 g/mol. The molecule has 0 aromatic carbocycles. The first-order valence-corrected chi connectivity index (χ1v) is 8.78. The highest BCUT2D eigenvalue weighted by Gasteiger charge is 2.20. The number of nitrogens with one attached hydrogen (secondary N) is 1. The number of anilines is 1. The molecule has 3 nitrogen and oxygen atoms in total. The van der Waals surface area contributed by atoms with E-state index in [1.54, 1.807) is 29.0 Å². The maximum absolute atomic E-state index is 4.50. The van der Waals surface area contributed by atoms with Crippen LogP contribution in [0.15, 0.2) is 23.8 Å². The standard InChI is InChI=1S/C16H19N3S2/c1-9(2)14(12-6-5-7-20-12)19-15-13-10(3)11(4)21-16(13)18-8-17-15/h5-9,14H,1-4H3,(H,17,18,19). The molecule has 3 aromatic heterocycles. The van der Waals surface area contributed by atoms with Crippen LogP contribution in [0.4, 0.5) is 5.82 Å². The Balaban J connectivity index is 2.04. The zero-order valence-corrected chi connectivity index (χ0v) is 14.3. The molecule has 0 spiro atoms. The van der Waals surface area contributed by atoms with E-state index in [9.17, 15) is 0 Å². The number of fused-ring (bicyclic) bond motifs is 1. The number of aryl methyl sites for hydroxylation is 2. The molecule has 3 rings (SSSR count). The highest BCUT2D eigenvalue weighted by Crippen LogP contribution is 2.36. The minimum absolute atomic E-state index is 0.280. The molecule has 0 saturated heterocycles. The summed E-state index contributed by atoms with van der Waals surface area (Å²) >= 11 is 3.53. The molecule has 0 aliphatic carbocycles. The van der Waals surface area contributed by atoms with Crippen molar-refractivity contribution >= 4 is 38.7 Å². The van der Waals surface area contributed by atoms with Crippen LogP contribution in [0, 0.1) is 19.8 Å². The van der Waals surface area contributed by atoms with E-state index in [0.29, 0.717) is 5.92 Å². The molecule has 0 radical (unpaired) electrons. The van der Waals surface area contributed by atoms with Gasteiger partial charge in [-0.1, -0.05) is 19.9 Å². The Morgan fingerprint density at radius 2 is 2.00 bits per heavy atom. The molecular formula is C16H19N3S2. The van der Waals surface area contributed by atoms with Crippen molar-refractivity contribution in [3.63, 3.8) is 0 Å². The van der Waals surface area contributed by atoms with Gasteiger partial charge in [0, 0.05) is 9.75 Å². The maximum Gasteiger partial charge on any atom is 0.138 e. The third-order valence-corrected chi connectivity index (χ3v) is 5.84. The Kier molecular flexibility index (Phi) is 3.95. The largest absolute Gasteiger partial charge is 0.362 e. The van der Waals surface area contributed by atoms with Crippen LogP contribution in [0.3, 0.4) is 0 Å². The lowest BCUT2D eigenvalue weighted by Gasteiger charge is -2.22. The molecule has 21 heavy (non-hydrogen) atoms. The number of hydrogen-bond acceptors (Lipinski definition) is 5. The zero-order valence-electron chi connectivity index (χ0n) is 12.7. The molecule has 0 bridgehead atoms. The van der Waals surface area contributed by atoms with Gasteiger partial charge in [0.2, 0.25) is 0 Å². The lowest BCUT2D eigenvalue weighted by atomic mass is 10.0. The van der Waals surface area contributed by atoms with Crippen molar-refractivity contribution in [2.75, 3.05) is 5.32 Å². The predicted octanol–water partition coefficient (Wildman–Crippen LogP) is 5.18. The topological polar surface area (TPSA) is 37.8 Å². The van der Waals surface area contributed by atoms with E-state index in [1.165, 1.54) is 20.7 Å². The van der Waals surface area contributed by atoms with Gasteiger partial charge in [-0.15, -0.1) is 22.7 Å². The summed E-state index contributed by atoms with van der Waals surface area (Å²) in [4.78, 5) is 12.6. The highest BCUT2D eigenvalue weighted by molar-refractivity contribution is 7.18. The Bertz CT molecular complexity index is 744. The molecule has 0 saturated carbocycles. The van der Waals surface area contributed by atoms with E-state index in [4.69, 9.17) is 0 Å². The van der Waals surface area contributed by atoms with Gasteiger partial charge in [-0.3, -0.25) is 0 Å². The van der Waals surface area contributed by atoms with Crippen molar-refractivity contribution in [3.8, 4) is 0 Å².